The van der Waals surface area contributed by atoms with Crippen LogP contribution in [0.15, 0.2) is 28.7 Å². The van der Waals surface area contributed by atoms with E-state index in [1.54, 1.807) is 0 Å². The number of aromatic nitrogens is 2. The van der Waals surface area contributed by atoms with Crippen LogP contribution in [0.5, 0.6) is 0 Å². The summed E-state index contributed by atoms with van der Waals surface area (Å²) in [5, 5.41) is 8.24. The molecule has 1 aliphatic carbocycles. The minimum Gasteiger partial charge on any atom is -0.310 e. The largest absolute Gasteiger partial charge is 0.310 e. The highest BCUT2D eigenvalue weighted by molar-refractivity contribution is 9.10. The molecule has 1 aromatic carbocycles. The number of hydrogen-bond donors (Lipinski definition) is 1. The van der Waals surface area contributed by atoms with Gasteiger partial charge in [-0.2, -0.15) is 5.10 Å². The Labute approximate surface area is 122 Å². The van der Waals surface area contributed by atoms with Gasteiger partial charge in [0.1, 0.15) is 0 Å². The zero-order valence-corrected chi connectivity index (χ0v) is 12.9. The van der Waals surface area contributed by atoms with Gasteiger partial charge in [-0.25, -0.2) is 4.68 Å². The molecule has 1 aliphatic rings. The molecule has 4 heteroatoms. The Balaban J connectivity index is 1.89. The van der Waals surface area contributed by atoms with Gasteiger partial charge in [0.2, 0.25) is 0 Å². The van der Waals surface area contributed by atoms with Crippen LogP contribution >= 0.6 is 15.9 Å². The van der Waals surface area contributed by atoms with E-state index in [-0.39, 0.29) is 0 Å². The lowest BCUT2D eigenvalue weighted by Gasteiger charge is -2.06. The van der Waals surface area contributed by atoms with Crippen LogP contribution in [0.2, 0.25) is 0 Å². The van der Waals surface area contributed by atoms with Gasteiger partial charge in [-0.1, -0.05) is 15.9 Å². The fraction of sp³-hybridized carbons (Fsp3) is 0.400. The molecule has 0 amide bonds. The Hall–Kier alpha value is -1.13. The number of aryl methyl sites for hydroxylation is 1. The average Bonchev–Trinajstić information content (AvgIpc) is 3.17. The molecule has 1 N–H and O–H groups in total. The first-order valence-corrected chi connectivity index (χ1v) is 7.49. The molecule has 0 aliphatic heterocycles. The van der Waals surface area contributed by atoms with E-state index in [4.69, 9.17) is 0 Å². The van der Waals surface area contributed by atoms with Crippen molar-refractivity contribution in [3.8, 4) is 5.69 Å². The second kappa shape index (κ2) is 5.10. The maximum atomic E-state index is 4.67. The van der Waals surface area contributed by atoms with Crippen LogP contribution in [0.4, 0.5) is 0 Å². The minimum absolute atomic E-state index is 0.731. The highest BCUT2D eigenvalue weighted by Crippen LogP contribution is 2.22. The number of hydrogen-bond acceptors (Lipinski definition) is 2. The standard InChI is InChI=1S/C15H18BrN3/c1-10-15(9-17-13-5-6-13)11(2)19(18-10)14-7-3-12(16)4-8-14/h3-4,7-8,13,17H,5-6,9H2,1-2H3. The lowest BCUT2D eigenvalue weighted by molar-refractivity contribution is 0.682. The normalized spacial score (nSPS) is 14.9. The third kappa shape index (κ3) is 2.74. The number of halogens is 1. The predicted octanol–water partition coefficient (Wildman–Crippen LogP) is 3.50. The van der Waals surface area contributed by atoms with Gasteiger partial charge < -0.3 is 5.32 Å². The topological polar surface area (TPSA) is 29.9 Å². The van der Waals surface area contributed by atoms with Crippen molar-refractivity contribution in [1.82, 2.24) is 15.1 Å². The molecule has 19 heavy (non-hydrogen) atoms. The zero-order valence-electron chi connectivity index (χ0n) is 11.3. The number of rotatable bonds is 4. The van der Waals surface area contributed by atoms with E-state index < -0.39 is 0 Å². The molecule has 0 atom stereocenters. The summed E-state index contributed by atoms with van der Waals surface area (Å²) in [4.78, 5) is 0. The Morgan fingerprint density at radius 3 is 2.58 bits per heavy atom. The maximum absolute atomic E-state index is 4.67. The smallest absolute Gasteiger partial charge is 0.0649 e. The van der Waals surface area contributed by atoms with Crippen molar-refractivity contribution >= 4 is 15.9 Å². The van der Waals surface area contributed by atoms with Crippen LogP contribution in [-0.4, -0.2) is 15.8 Å². The molecule has 1 aromatic heterocycles. The summed E-state index contributed by atoms with van der Waals surface area (Å²) in [5.41, 5.74) is 4.79. The van der Waals surface area contributed by atoms with Crippen LogP contribution in [0, 0.1) is 13.8 Å². The first kappa shape index (κ1) is 12.9. The van der Waals surface area contributed by atoms with Crippen LogP contribution in [0.1, 0.15) is 29.8 Å². The molecule has 0 spiro atoms. The third-order valence-electron chi connectivity index (χ3n) is 3.66. The molecular weight excluding hydrogens is 302 g/mol. The zero-order chi connectivity index (χ0) is 13.4. The fourth-order valence-electron chi connectivity index (χ4n) is 2.30. The van der Waals surface area contributed by atoms with Gasteiger partial charge in [0.15, 0.2) is 0 Å². The molecule has 0 saturated heterocycles. The van der Waals surface area contributed by atoms with E-state index in [1.807, 2.05) is 16.8 Å². The SMILES string of the molecule is Cc1nn(-c2ccc(Br)cc2)c(C)c1CNC1CC1. The first-order chi connectivity index (χ1) is 9.15. The van der Waals surface area contributed by atoms with Crippen molar-refractivity contribution in [3.05, 3.63) is 45.7 Å². The predicted molar refractivity (Wildman–Crippen MR) is 80.6 cm³/mol. The van der Waals surface area contributed by atoms with Gasteiger partial charge in [0.05, 0.1) is 11.4 Å². The summed E-state index contributed by atoms with van der Waals surface area (Å²) in [6.45, 7) is 5.16. The van der Waals surface area contributed by atoms with Crippen LogP contribution in [-0.2, 0) is 6.54 Å². The maximum Gasteiger partial charge on any atom is 0.0649 e. The molecule has 100 valence electrons. The summed E-state index contributed by atoms with van der Waals surface area (Å²) >= 11 is 3.46. The van der Waals surface area contributed by atoms with Gasteiger partial charge >= 0.3 is 0 Å². The Morgan fingerprint density at radius 2 is 1.95 bits per heavy atom. The molecule has 0 bridgehead atoms. The van der Waals surface area contributed by atoms with Gasteiger partial charge in [-0.05, 0) is 51.0 Å². The monoisotopic (exact) mass is 319 g/mol. The van der Waals surface area contributed by atoms with E-state index >= 15 is 0 Å². The highest BCUT2D eigenvalue weighted by atomic mass is 79.9. The van der Waals surface area contributed by atoms with E-state index in [0.29, 0.717) is 0 Å². The Kier molecular flexibility index (Phi) is 3.46. The summed E-state index contributed by atoms with van der Waals surface area (Å²) in [7, 11) is 0. The van der Waals surface area contributed by atoms with Gasteiger partial charge in [-0.15, -0.1) is 0 Å². The summed E-state index contributed by atoms with van der Waals surface area (Å²) in [5.74, 6) is 0. The molecule has 3 rings (SSSR count). The molecule has 1 fully saturated rings. The molecule has 0 radical (unpaired) electrons. The third-order valence-corrected chi connectivity index (χ3v) is 4.19. The number of benzene rings is 1. The highest BCUT2D eigenvalue weighted by Gasteiger charge is 2.21. The Bertz CT molecular complexity index is 582. The van der Waals surface area contributed by atoms with Crippen LogP contribution in [0.25, 0.3) is 5.69 Å². The van der Waals surface area contributed by atoms with Gasteiger partial charge in [-0.3, -0.25) is 0 Å². The first-order valence-electron chi connectivity index (χ1n) is 6.69. The van der Waals surface area contributed by atoms with Crippen molar-refractivity contribution in [1.29, 1.82) is 0 Å². The molecule has 1 saturated carbocycles. The summed E-state index contributed by atoms with van der Waals surface area (Å²) < 4.78 is 3.12. The lowest BCUT2D eigenvalue weighted by atomic mass is 10.2. The van der Waals surface area contributed by atoms with Crippen LogP contribution in [0.3, 0.4) is 0 Å². The summed E-state index contributed by atoms with van der Waals surface area (Å²) in [6, 6.07) is 9.00. The summed E-state index contributed by atoms with van der Waals surface area (Å²) in [6.07, 6.45) is 2.64. The number of nitrogens with one attached hydrogen (secondary N) is 1. The van der Waals surface area contributed by atoms with Crippen molar-refractivity contribution in [2.45, 2.75) is 39.3 Å². The van der Waals surface area contributed by atoms with E-state index in [0.717, 1.165) is 28.4 Å². The average molecular weight is 320 g/mol. The van der Waals surface area contributed by atoms with Crippen molar-refractivity contribution in [2.75, 3.05) is 0 Å². The van der Waals surface area contributed by atoms with Crippen LogP contribution < -0.4 is 5.32 Å². The van der Waals surface area contributed by atoms with E-state index in [2.05, 4.69) is 52.3 Å². The quantitative estimate of drug-likeness (QED) is 0.934. The molecule has 2 aromatic rings. The van der Waals surface area contributed by atoms with Crippen molar-refractivity contribution in [2.24, 2.45) is 0 Å². The molecule has 1 heterocycles. The molecule has 3 nitrogen and oxygen atoms in total. The molecular formula is C15H18BrN3. The van der Waals surface area contributed by atoms with E-state index in [9.17, 15) is 0 Å². The Morgan fingerprint density at radius 1 is 1.26 bits per heavy atom. The van der Waals surface area contributed by atoms with Crippen molar-refractivity contribution in [3.63, 3.8) is 0 Å². The second-order valence-electron chi connectivity index (χ2n) is 5.19. The number of nitrogens with zero attached hydrogens (tertiary/aromatic N) is 2. The van der Waals surface area contributed by atoms with Gasteiger partial charge in [0, 0.05) is 28.3 Å². The minimum atomic E-state index is 0.731. The van der Waals surface area contributed by atoms with Crippen molar-refractivity contribution < 1.29 is 0 Å². The lowest BCUT2D eigenvalue weighted by Crippen LogP contribution is -2.16. The van der Waals surface area contributed by atoms with Gasteiger partial charge in [0.25, 0.3) is 0 Å². The van der Waals surface area contributed by atoms with E-state index in [1.165, 1.54) is 24.1 Å². The fourth-order valence-corrected chi connectivity index (χ4v) is 2.56. The molecule has 0 unspecified atom stereocenters. The second-order valence-corrected chi connectivity index (χ2v) is 6.11.